The molecule has 0 saturated carbocycles. The smallest absolute Gasteiger partial charge is 0.338 e. The Labute approximate surface area is 180 Å². The zero-order chi connectivity index (χ0) is 22.4. The number of fused-ring (bicyclic) bond motifs is 1. The Morgan fingerprint density at radius 3 is 2.52 bits per heavy atom. The zero-order valence-corrected chi connectivity index (χ0v) is 17.8. The number of carbonyl (C=O) groups is 2. The highest BCUT2D eigenvalue weighted by Gasteiger charge is 2.11. The molecule has 1 aromatic heterocycles. The average molecular weight is 423 g/mol. The maximum atomic E-state index is 12.1. The fraction of sp³-hybridized carbons (Fsp3) is 0.292. The van der Waals surface area contributed by atoms with Gasteiger partial charge < -0.3 is 19.2 Å². The number of amides is 1. The molecule has 0 aliphatic heterocycles. The highest BCUT2D eigenvalue weighted by molar-refractivity contribution is 5.91. The van der Waals surface area contributed by atoms with Gasteiger partial charge in [-0.05, 0) is 48.2 Å². The molecule has 0 radical (unpaired) electrons. The minimum Gasteiger partial charge on any atom is -0.489 e. The molecule has 3 aromatic rings. The number of carbonyl (C=O) groups excluding carboxylic acids is 2. The van der Waals surface area contributed by atoms with Crippen LogP contribution in [0.1, 0.15) is 35.3 Å². The van der Waals surface area contributed by atoms with Crippen molar-refractivity contribution in [3.63, 3.8) is 0 Å². The number of rotatable bonds is 8. The second-order valence-electron chi connectivity index (χ2n) is 7.67. The maximum absolute atomic E-state index is 12.1. The third kappa shape index (κ3) is 6.18. The van der Waals surface area contributed by atoms with E-state index < -0.39 is 11.6 Å². The minimum absolute atomic E-state index is 0.272. The first kappa shape index (κ1) is 22.1. The molecule has 0 bridgehead atoms. The van der Waals surface area contributed by atoms with Crippen LogP contribution in [0.4, 0.5) is 0 Å². The van der Waals surface area contributed by atoms with Crippen LogP contribution < -0.4 is 15.7 Å². The molecule has 0 unspecified atom stereocenters. The Balaban J connectivity index is 1.54. The molecule has 0 aliphatic carbocycles. The van der Waals surface area contributed by atoms with Crippen molar-refractivity contribution in [2.75, 3.05) is 13.2 Å². The van der Waals surface area contributed by atoms with Gasteiger partial charge in [0.2, 0.25) is 0 Å². The second-order valence-corrected chi connectivity index (χ2v) is 7.67. The molecular weight excluding hydrogens is 398 g/mol. The fourth-order valence-corrected chi connectivity index (χ4v) is 2.88. The Hall–Kier alpha value is -3.61. The van der Waals surface area contributed by atoms with Gasteiger partial charge in [0.05, 0.1) is 5.56 Å². The first-order chi connectivity index (χ1) is 14.8. The number of hydrogen-bond acceptors (Lipinski definition) is 6. The summed E-state index contributed by atoms with van der Waals surface area (Å²) >= 11 is 0. The van der Waals surface area contributed by atoms with Crippen molar-refractivity contribution in [3.05, 3.63) is 75.6 Å². The van der Waals surface area contributed by atoms with Crippen molar-refractivity contribution in [1.29, 1.82) is 0 Å². The van der Waals surface area contributed by atoms with Gasteiger partial charge in [-0.3, -0.25) is 4.79 Å². The number of esters is 1. The van der Waals surface area contributed by atoms with E-state index in [9.17, 15) is 14.4 Å². The van der Waals surface area contributed by atoms with E-state index in [2.05, 4.69) is 5.32 Å². The summed E-state index contributed by atoms with van der Waals surface area (Å²) in [5.74, 6) is 0.00409. The lowest BCUT2D eigenvalue weighted by Crippen LogP contribution is -2.31. The highest BCUT2D eigenvalue weighted by atomic mass is 16.5. The van der Waals surface area contributed by atoms with Gasteiger partial charge in [0.15, 0.2) is 6.61 Å². The largest absolute Gasteiger partial charge is 0.489 e. The lowest BCUT2D eigenvalue weighted by molar-refractivity contribution is -0.124. The van der Waals surface area contributed by atoms with Gasteiger partial charge in [0.1, 0.15) is 17.9 Å². The van der Waals surface area contributed by atoms with E-state index in [1.165, 1.54) is 6.07 Å². The van der Waals surface area contributed by atoms with Crippen molar-refractivity contribution in [2.24, 2.45) is 5.92 Å². The van der Waals surface area contributed by atoms with E-state index in [0.717, 1.165) is 16.5 Å². The highest BCUT2D eigenvalue weighted by Crippen LogP contribution is 2.23. The number of aryl methyl sites for hydroxylation is 1. The Kier molecular flexibility index (Phi) is 7.07. The summed E-state index contributed by atoms with van der Waals surface area (Å²) in [6.45, 7) is 6.31. The van der Waals surface area contributed by atoms with E-state index in [1.54, 1.807) is 30.3 Å². The van der Waals surface area contributed by atoms with Crippen LogP contribution in [0, 0.1) is 12.8 Å². The van der Waals surface area contributed by atoms with Gasteiger partial charge in [-0.2, -0.15) is 0 Å². The summed E-state index contributed by atoms with van der Waals surface area (Å²) in [5.41, 5.74) is 2.11. The zero-order valence-electron chi connectivity index (χ0n) is 17.8. The van der Waals surface area contributed by atoms with Crippen LogP contribution in [0.15, 0.2) is 57.7 Å². The van der Waals surface area contributed by atoms with E-state index >= 15 is 0 Å². The van der Waals surface area contributed by atoms with Gasteiger partial charge in [-0.15, -0.1) is 0 Å². The standard InChI is InChI=1S/C24H25NO6/c1-15(2)12-25-22(26)14-30-24(28)18-6-4-17(5-7-18)13-29-19-8-9-20-16(3)10-23(27)31-21(20)11-19/h4-11,15H,12-14H2,1-3H3,(H,25,26). The molecule has 0 saturated heterocycles. The molecule has 7 heteroatoms. The number of ether oxygens (including phenoxy) is 2. The molecule has 0 aliphatic rings. The predicted octanol–water partition coefficient (Wildman–Crippen LogP) is 3.61. The SMILES string of the molecule is Cc1cc(=O)oc2cc(OCc3ccc(C(=O)OCC(=O)NCC(C)C)cc3)ccc12. The quantitative estimate of drug-likeness (QED) is 0.439. The summed E-state index contributed by atoms with van der Waals surface area (Å²) in [7, 11) is 0. The van der Waals surface area contributed by atoms with E-state index in [1.807, 2.05) is 32.9 Å². The molecule has 0 spiro atoms. The van der Waals surface area contributed by atoms with Crippen molar-refractivity contribution < 1.29 is 23.5 Å². The van der Waals surface area contributed by atoms with Gasteiger partial charge in [0.25, 0.3) is 5.91 Å². The van der Waals surface area contributed by atoms with Crippen LogP contribution in [-0.4, -0.2) is 25.0 Å². The summed E-state index contributed by atoms with van der Waals surface area (Å²) in [5, 5.41) is 3.55. The van der Waals surface area contributed by atoms with Crippen molar-refractivity contribution in [3.8, 4) is 5.75 Å². The molecule has 7 nitrogen and oxygen atoms in total. The maximum Gasteiger partial charge on any atom is 0.338 e. The fourth-order valence-electron chi connectivity index (χ4n) is 2.88. The van der Waals surface area contributed by atoms with Gasteiger partial charge in [-0.1, -0.05) is 26.0 Å². The summed E-state index contributed by atoms with van der Waals surface area (Å²) in [6.07, 6.45) is 0. The van der Waals surface area contributed by atoms with Crippen LogP contribution in [0.25, 0.3) is 11.0 Å². The van der Waals surface area contributed by atoms with Crippen LogP contribution >= 0.6 is 0 Å². The summed E-state index contributed by atoms with van der Waals surface area (Å²) < 4.78 is 16.0. The normalized spacial score (nSPS) is 10.8. The van der Waals surface area contributed by atoms with Crippen LogP contribution in [0.3, 0.4) is 0 Å². The molecule has 3 rings (SSSR count). The topological polar surface area (TPSA) is 94.8 Å². The third-order valence-corrected chi connectivity index (χ3v) is 4.56. The molecule has 0 fully saturated rings. The second kappa shape index (κ2) is 9.93. The molecule has 2 aromatic carbocycles. The minimum atomic E-state index is -0.563. The Morgan fingerprint density at radius 2 is 1.81 bits per heavy atom. The van der Waals surface area contributed by atoms with Gasteiger partial charge in [0, 0.05) is 24.1 Å². The van der Waals surface area contributed by atoms with Crippen LogP contribution in [-0.2, 0) is 16.1 Å². The lowest BCUT2D eigenvalue weighted by Gasteiger charge is -2.09. The molecule has 1 heterocycles. The summed E-state index contributed by atoms with van der Waals surface area (Å²) in [6, 6.07) is 13.5. The predicted molar refractivity (Wildman–Crippen MR) is 116 cm³/mol. The average Bonchev–Trinajstić information content (AvgIpc) is 2.74. The van der Waals surface area contributed by atoms with E-state index in [-0.39, 0.29) is 19.1 Å². The first-order valence-corrected chi connectivity index (χ1v) is 10.0. The number of nitrogens with one attached hydrogen (secondary N) is 1. The Bertz CT molecular complexity index is 1130. The third-order valence-electron chi connectivity index (χ3n) is 4.56. The molecule has 31 heavy (non-hydrogen) atoms. The number of hydrogen-bond donors (Lipinski definition) is 1. The van der Waals surface area contributed by atoms with Crippen molar-refractivity contribution in [1.82, 2.24) is 5.32 Å². The monoisotopic (exact) mass is 423 g/mol. The molecule has 1 amide bonds. The van der Waals surface area contributed by atoms with Crippen molar-refractivity contribution >= 4 is 22.8 Å². The first-order valence-electron chi connectivity index (χ1n) is 10.0. The van der Waals surface area contributed by atoms with Gasteiger partial charge >= 0.3 is 11.6 Å². The lowest BCUT2D eigenvalue weighted by atomic mass is 10.1. The van der Waals surface area contributed by atoms with Crippen LogP contribution in [0.5, 0.6) is 5.75 Å². The molecular formula is C24H25NO6. The van der Waals surface area contributed by atoms with E-state index in [0.29, 0.717) is 29.4 Å². The molecule has 162 valence electrons. The van der Waals surface area contributed by atoms with Gasteiger partial charge in [-0.25, -0.2) is 9.59 Å². The van der Waals surface area contributed by atoms with Crippen molar-refractivity contribution in [2.45, 2.75) is 27.4 Å². The molecule has 1 N–H and O–H groups in total. The molecule has 0 atom stereocenters. The number of benzene rings is 2. The van der Waals surface area contributed by atoms with Crippen LogP contribution in [0.2, 0.25) is 0 Å². The Morgan fingerprint density at radius 1 is 1.06 bits per heavy atom. The van der Waals surface area contributed by atoms with E-state index in [4.69, 9.17) is 13.9 Å². The summed E-state index contributed by atoms with van der Waals surface area (Å²) in [4.78, 5) is 35.3.